The van der Waals surface area contributed by atoms with Crippen LogP contribution >= 0.6 is 11.6 Å². The van der Waals surface area contributed by atoms with Crippen LogP contribution in [-0.2, 0) is 13.6 Å². The number of rotatable bonds is 6. The molecule has 0 radical (unpaired) electrons. The van der Waals surface area contributed by atoms with E-state index in [1.54, 1.807) is 18.2 Å². The molecule has 0 spiro atoms. The monoisotopic (exact) mass is 434 g/mol. The van der Waals surface area contributed by atoms with Gasteiger partial charge >= 0.3 is 0 Å². The Hall–Kier alpha value is -3.78. The molecule has 0 aliphatic carbocycles. The predicted molar refractivity (Wildman–Crippen MR) is 122 cm³/mol. The van der Waals surface area contributed by atoms with Crippen molar-refractivity contribution in [3.05, 3.63) is 87.4 Å². The number of benzene rings is 2. The lowest BCUT2D eigenvalue weighted by Gasteiger charge is -2.20. The van der Waals surface area contributed by atoms with Crippen molar-refractivity contribution in [2.75, 3.05) is 11.9 Å². The Labute approximate surface area is 183 Å². The molecule has 4 rings (SSSR count). The lowest BCUT2D eigenvalue weighted by molar-refractivity contribution is -0.385. The summed E-state index contributed by atoms with van der Waals surface area (Å²) in [5.74, 6) is 0.528. The van der Waals surface area contributed by atoms with E-state index in [9.17, 15) is 10.1 Å². The van der Waals surface area contributed by atoms with Crippen LogP contribution in [0.25, 0.3) is 10.9 Å². The van der Waals surface area contributed by atoms with E-state index in [0.29, 0.717) is 23.6 Å². The highest BCUT2D eigenvalue weighted by atomic mass is 35.5. The third kappa shape index (κ3) is 4.10. The minimum absolute atomic E-state index is 0.0374. The molecule has 9 heteroatoms. The number of hydrogen-bond acceptors (Lipinski definition) is 6. The number of aliphatic imine (C=N–C) groups is 1. The van der Waals surface area contributed by atoms with Crippen LogP contribution in [0.3, 0.4) is 0 Å². The van der Waals surface area contributed by atoms with Gasteiger partial charge in [0.15, 0.2) is 11.0 Å². The zero-order chi connectivity index (χ0) is 22.0. The van der Waals surface area contributed by atoms with Crippen molar-refractivity contribution in [3.63, 3.8) is 0 Å². The van der Waals surface area contributed by atoms with E-state index < -0.39 is 4.92 Å². The summed E-state index contributed by atoms with van der Waals surface area (Å²) in [6, 6.07) is 16.7. The van der Waals surface area contributed by atoms with Crippen molar-refractivity contribution in [3.8, 4) is 0 Å². The molecule has 0 saturated heterocycles. The number of aryl methyl sites for hydroxylation is 1. The Bertz CT molecular complexity index is 1300. The molecule has 0 saturated carbocycles. The summed E-state index contributed by atoms with van der Waals surface area (Å²) in [5.41, 5.74) is 2.91. The Kier molecular flexibility index (Phi) is 5.64. The van der Waals surface area contributed by atoms with Crippen LogP contribution in [-0.4, -0.2) is 32.7 Å². The van der Waals surface area contributed by atoms with Gasteiger partial charge in [0.25, 0.3) is 5.69 Å². The van der Waals surface area contributed by atoms with Gasteiger partial charge in [-0.25, -0.2) is 15.0 Å². The number of para-hydroxylation sites is 2. The normalized spacial score (nSPS) is 11.3. The molecule has 2 aromatic heterocycles. The Morgan fingerprint density at radius 3 is 2.71 bits per heavy atom. The van der Waals surface area contributed by atoms with Gasteiger partial charge in [-0.15, -0.1) is 0 Å². The summed E-state index contributed by atoms with van der Waals surface area (Å²) in [6.45, 7) is 0.562. The van der Waals surface area contributed by atoms with E-state index in [4.69, 9.17) is 11.6 Å². The van der Waals surface area contributed by atoms with Gasteiger partial charge in [-0.05, 0) is 23.6 Å². The van der Waals surface area contributed by atoms with E-state index in [-0.39, 0.29) is 10.8 Å². The van der Waals surface area contributed by atoms with E-state index >= 15 is 0 Å². The van der Waals surface area contributed by atoms with Crippen LogP contribution in [0.1, 0.15) is 11.3 Å². The average Bonchev–Trinajstić information content (AvgIpc) is 3.08. The van der Waals surface area contributed by atoms with Gasteiger partial charge in [0.1, 0.15) is 12.0 Å². The maximum atomic E-state index is 11.3. The quantitative estimate of drug-likeness (QED) is 0.186. The first-order valence-electron chi connectivity index (χ1n) is 9.48. The molecule has 0 unspecified atom stereocenters. The second-order valence-corrected chi connectivity index (χ2v) is 7.38. The lowest BCUT2D eigenvalue weighted by atomic mass is 10.2. The van der Waals surface area contributed by atoms with Gasteiger partial charge in [-0.1, -0.05) is 41.9 Å². The predicted octanol–water partition coefficient (Wildman–Crippen LogP) is 4.92. The molecule has 8 nitrogen and oxygen atoms in total. The molecule has 0 fully saturated rings. The summed E-state index contributed by atoms with van der Waals surface area (Å²) < 4.78 is 2.13. The number of nitrogens with zero attached hydrogens (tertiary/aromatic N) is 6. The second-order valence-electron chi connectivity index (χ2n) is 7.02. The Morgan fingerprint density at radius 1 is 1.19 bits per heavy atom. The smallest absolute Gasteiger partial charge is 0.278 e. The number of hydrogen-bond donors (Lipinski definition) is 0. The molecular formula is C22H19ClN6O2. The van der Waals surface area contributed by atoms with Gasteiger partial charge in [0, 0.05) is 37.6 Å². The molecule has 31 heavy (non-hydrogen) atoms. The molecular weight excluding hydrogens is 416 g/mol. The molecule has 4 aromatic rings. The van der Waals surface area contributed by atoms with Crippen molar-refractivity contribution >= 4 is 45.9 Å². The maximum absolute atomic E-state index is 11.3. The van der Waals surface area contributed by atoms with E-state index in [0.717, 1.165) is 16.6 Å². The fraction of sp³-hybridized carbons (Fsp3) is 0.136. The first-order valence-corrected chi connectivity index (χ1v) is 9.86. The Balaban J connectivity index is 1.68. The number of fused-ring (bicyclic) bond motifs is 1. The molecule has 0 aliphatic rings. The molecule has 0 bridgehead atoms. The highest BCUT2D eigenvalue weighted by Crippen LogP contribution is 2.33. The van der Waals surface area contributed by atoms with E-state index in [1.807, 2.05) is 31.1 Å². The molecule has 2 heterocycles. The standard InChI is InChI=1S/C22H19ClN6O2/c1-27(13-17-11-15-7-3-5-9-18(15)28(17)2)22-20(21(23)25-14-26-22)24-12-16-8-4-6-10-19(16)29(30)31/h3-12,14H,13H2,1-2H3. The minimum Gasteiger partial charge on any atom is -0.352 e. The summed E-state index contributed by atoms with van der Waals surface area (Å²) >= 11 is 6.31. The maximum Gasteiger partial charge on any atom is 0.278 e. The highest BCUT2D eigenvalue weighted by Gasteiger charge is 2.16. The zero-order valence-corrected chi connectivity index (χ0v) is 17.7. The van der Waals surface area contributed by atoms with Crippen LogP contribution in [0.4, 0.5) is 17.2 Å². The zero-order valence-electron chi connectivity index (χ0n) is 16.9. The lowest BCUT2D eigenvalue weighted by Crippen LogP contribution is -2.19. The summed E-state index contributed by atoms with van der Waals surface area (Å²) in [5, 5.41) is 12.6. The van der Waals surface area contributed by atoms with Crippen LogP contribution in [0.15, 0.2) is 65.9 Å². The first-order chi connectivity index (χ1) is 15.0. The summed E-state index contributed by atoms with van der Waals surface area (Å²) in [7, 11) is 3.91. The van der Waals surface area contributed by atoms with Gasteiger partial charge in [-0.3, -0.25) is 10.1 Å². The molecule has 156 valence electrons. The van der Waals surface area contributed by atoms with Gasteiger partial charge in [0.2, 0.25) is 0 Å². The minimum atomic E-state index is -0.447. The van der Waals surface area contributed by atoms with E-state index in [2.05, 4.69) is 37.7 Å². The van der Waals surface area contributed by atoms with Gasteiger partial charge < -0.3 is 9.47 Å². The van der Waals surface area contributed by atoms with E-state index in [1.165, 1.54) is 18.6 Å². The van der Waals surface area contributed by atoms with Crippen LogP contribution in [0, 0.1) is 10.1 Å². The van der Waals surface area contributed by atoms with Gasteiger partial charge in [-0.2, -0.15) is 0 Å². The van der Waals surface area contributed by atoms with Crippen LogP contribution < -0.4 is 4.90 Å². The second kappa shape index (κ2) is 8.53. The SMILES string of the molecule is CN(Cc1cc2ccccc2n1C)c1ncnc(Cl)c1N=Cc1ccccc1[N+](=O)[O-]. The number of anilines is 1. The van der Waals surface area contributed by atoms with Crippen molar-refractivity contribution in [1.29, 1.82) is 0 Å². The summed E-state index contributed by atoms with van der Waals surface area (Å²) in [6.07, 6.45) is 2.79. The fourth-order valence-corrected chi connectivity index (χ4v) is 3.63. The van der Waals surface area contributed by atoms with Crippen molar-refractivity contribution < 1.29 is 4.92 Å². The molecule has 2 aromatic carbocycles. The van der Waals surface area contributed by atoms with Crippen molar-refractivity contribution in [1.82, 2.24) is 14.5 Å². The first kappa shape index (κ1) is 20.5. The largest absolute Gasteiger partial charge is 0.352 e. The van der Waals surface area contributed by atoms with Crippen molar-refractivity contribution in [2.24, 2.45) is 12.0 Å². The van der Waals surface area contributed by atoms with Crippen molar-refractivity contribution in [2.45, 2.75) is 6.54 Å². The van der Waals surface area contributed by atoms with Crippen LogP contribution in [0.5, 0.6) is 0 Å². The summed E-state index contributed by atoms with van der Waals surface area (Å²) in [4.78, 5) is 25.5. The Morgan fingerprint density at radius 2 is 1.94 bits per heavy atom. The molecule has 0 atom stereocenters. The fourth-order valence-electron chi connectivity index (χ4n) is 3.45. The number of nitro benzene ring substituents is 1. The van der Waals surface area contributed by atoms with Gasteiger partial charge in [0.05, 0.1) is 17.0 Å². The number of aromatic nitrogens is 3. The third-order valence-electron chi connectivity index (χ3n) is 5.04. The third-order valence-corrected chi connectivity index (χ3v) is 5.31. The molecule has 0 aliphatic heterocycles. The van der Waals surface area contributed by atoms with Crippen LogP contribution in [0.2, 0.25) is 5.15 Å². The average molecular weight is 435 g/mol. The number of halogens is 1. The molecule has 0 N–H and O–H groups in total. The number of nitro groups is 1. The molecule has 0 amide bonds. The topological polar surface area (TPSA) is 89.5 Å². The highest BCUT2D eigenvalue weighted by molar-refractivity contribution is 6.32.